The Hall–Kier alpha value is -1.35. The molecule has 3 nitrogen and oxygen atoms in total. The number of rotatable bonds is 3. The van der Waals surface area contributed by atoms with Crippen LogP contribution in [0.1, 0.15) is 50.5 Å². The second-order valence-corrected chi connectivity index (χ2v) is 7.75. The molecule has 3 heteroatoms. The molecule has 0 spiro atoms. The molecule has 1 amide bonds. The Bertz CT molecular complexity index is 508. The van der Waals surface area contributed by atoms with E-state index in [-0.39, 0.29) is 11.4 Å². The monoisotopic (exact) mass is 302 g/mol. The minimum atomic E-state index is 0.180. The molecule has 122 valence electrons. The molecule has 1 fully saturated rings. The first-order valence-electron chi connectivity index (χ1n) is 8.40. The number of nitrogens with zero attached hydrogens (tertiary/aromatic N) is 2. The Morgan fingerprint density at radius 3 is 2.32 bits per heavy atom. The predicted octanol–water partition coefficient (Wildman–Crippen LogP) is 3.44. The smallest absolute Gasteiger partial charge is 0.253 e. The van der Waals surface area contributed by atoms with Crippen molar-refractivity contribution in [1.82, 2.24) is 9.80 Å². The Morgan fingerprint density at radius 1 is 1.14 bits per heavy atom. The zero-order valence-electron chi connectivity index (χ0n) is 14.7. The number of hydrogen-bond acceptors (Lipinski definition) is 2. The van der Waals surface area contributed by atoms with Gasteiger partial charge in [-0.15, -0.1) is 0 Å². The van der Waals surface area contributed by atoms with Crippen LogP contribution in [-0.2, 0) is 6.42 Å². The molecule has 0 bridgehead atoms. The highest BCUT2D eigenvalue weighted by molar-refractivity contribution is 5.94. The van der Waals surface area contributed by atoms with E-state index in [1.807, 2.05) is 17.0 Å². The molecule has 1 aliphatic rings. The summed E-state index contributed by atoms with van der Waals surface area (Å²) < 4.78 is 0. The second-order valence-electron chi connectivity index (χ2n) is 7.75. The highest BCUT2D eigenvalue weighted by Gasteiger charge is 2.28. The first-order valence-corrected chi connectivity index (χ1v) is 8.40. The van der Waals surface area contributed by atoms with Crippen molar-refractivity contribution in [3.63, 3.8) is 0 Å². The molecule has 0 unspecified atom stereocenters. The van der Waals surface area contributed by atoms with E-state index in [1.165, 1.54) is 5.56 Å². The van der Waals surface area contributed by atoms with Crippen LogP contribution in [0.4, 0.5) is 0 Å². The van der Waals surface area contributed by atoms with Gasteiger partial charge in [0.1, 0.15) is 0 Å². The molecule has 0 atom stereocenters. The van der Waals surface area contributed by atoms with Crippen LogP contribution in [0.2, 0.25) is 0 Å². The standard InChI is InChI=1S/C19H30N2O/c1-15(2)13-16-7-6-8-17(14-16)18(22)20-9-11-21(12-10-20)19(3,4)5/h6-8,14-15H,9-13H2,1-5H3. The van der Waals surface area contributed by atoms with Crippen molar-refractivity contribution >= 4 is 5.91 Å². The van der Waals surface area contributed by atoms with E-state index in [0.717, 1.165) is 38.2 Å². The van der Waals surface area contributed by atoms with E-state index in [0.29, 0.717) is 5.92 Å². The molecule has 0 aliphatic carbocycles. The molecule has 1 aromatic carbocycles. The fourth-order valence-electron chi connectivity index (χ4n) is 3.07. The number of hydrogen-bond donors (Lipinski definition) is 0. The molecule has 22 heavy (non-hydrogen) atoms. The van der Waals surface area contributed by atoms with Crippen LogP contribution < -0.4 is 0 Å². The van der Waals surface area contributed by atoms with Crippen molar-refractivity contribution < 1.29 is 4.79 Å². The van der Waals surface area contributed by atoms with Crippen LogP contribution in [0.3, 0.4) is 0 Å². The molecule has 0 N–H and O–H groups in total. The minimum Gasteiger partial charge on any atom is -0.336 e. The summed E-state index contributed by atoms with van der Waals surface area (Å²) in [7, 11) is 0. The van der Waals surface area contributed by atoms with Gasteiger partial charge in [-0.05, 0) is 50.8 Å². The Kier molecular flexibility index (Phi) is 5.28. The van der Waals surface area contributed by atoms with Gasteiger partial charge in [-0.25, -0.2) is 0 Å². The van der Waals surface area contributed by atoms with Gasteiger partial charge in [0.2, 0.25) is 0 Å². The van der Waals surface area contributed by atoms with Crippen molar-refractivity contribution in [3.05, 3.63) is 35.4 Å². The fourth-order valence-corrected chi connectivity index (χ4v) is 3.07. The van der Waals surface area contributed by atoms with Crippen molar-refractivity contribution in [3.8, 4) is 0 Å². The maximum atomic E-state index is 12.7. The van der Waals surface area contributed by atoms with E-state index in [9.17, 15) is 4.79 Å². The largest absolute Gasteiger partial charge is 0.336 e. The van der Waals surface area contributed by atoms with E-state index >= 15 is 0 Å². The van der Waals surface area contributed by atoms with Crippen molar-refractivity contribution in [2.45, 2.75) is 46.6 Å². The Balaban J connectivity index is 2.01. The maximum Gasteiger partial charge on any atom is 0.253 e. The summed E-state index contributed by atoms with van der Waals surface area (Å²) >= 11 is 0. The zero-order valence-corrected chi connectivity index (χ0v) is 14.7. The third-order valence-corrected chi connectivity index (χ3v) is 4.33. The first-order chi connectivity index (χ1) is 10.3. The highest BCUT2D eigenvalue weighted by Crippen LogP contribution is 2.18. The van der Waals surface area contributed by atoms with E-state index in [1.54, 1.807) is 0 Å². The summed E-state index contributed by atoms with van der Waals surface area (Å²) in [6.07, 6.45) is 1.03. The SMILES string of the molecule is CC(C)Cc1cccc(C(=O)N2CCN(C(C)(C)C)CC2)c1. The molecule has 0 aromatic heterocycles. The van der Waals surface area contributed by atoms with Crippen LogP contribution in [-0.4, -0.2) is 47.4 Å². The third kappa shape index (κ3) is 4.33. The van der Waals surface area contributed by atoms with E-state index in [2.05, 4.69) is 51.7 Å². The summed E-state index contributed by atoms with van der Waals surface area (Å²) in [5.41, 5.74) is 2.28. The first kappa shape index (κ1) is 17.0. The van der Waals surface area contributed by atoms with Crippen molar-refractivity contribution in [2.24, 2.45) is 5.92 Å². The van der Waals surface area contributed by atoms with Crippen LogP contribution >= 0.6 is 0 Å². The lowest BCUT2D eigenvalue weighted by Crippen LogP contribution is -2.54. The van der Waals surface area contributed by atoms with Gasteiger partial charge in [0.25, 0.3) is 5.91 Å². The van der Waals surface area contributed by atoms with Crippen LogP contribution in [0.15, 0.2) is 24.3 Å². The second kappa shape index (κ2) is 6.82. The Morgan fingerprint density at radius 2 is 1.77 bits per heavy atom. The quantitative estimate of drug-likeness (QED) is 0.854. The maximum absolute atomic E-state index is 12.7. The van der Waals surface area contributed by atoms with Crippen molar-refractivity contribution in [1.29, 1.82) is 0 Å². The normalized spacial score (nSPS) is 17.1. The van der Waals surface area contributed by atoms with Crippen molar-refractivity contribution in [2.75, 3.05) is 26.2 Å². The van der Waals surface area contributed by atoms with Gasteiger partial charge in [0.15, 0.2) is 0 Å². The van der Waals surface area contributed by atoms with E-state index < -0.39 is 0 Å². The average Bonchev–Trinajstić information content (AvgIpc) is 2.45. The third-order valence-electron chi connectivity index (χ3n) is 4.33. The lowest BCUT2D eigenvalue weighted by Gasteiger charge is -2.42. The molecule has 0 saturated carbocycles. The highest BCUT2D eigenvalue weighted by atomic mass is 16.2. The molecule has 0 radical (unpaired) electrons. The van der Waals surface area contributed by atoms with Gasteiger partial charge < -0.3 is 4.90 Å². The minimum absolute atomic E-state index is 0.180. The molecule has 1 heterocycles. The lowest BCUT2D eigenvalue weighted by atomic mass is 10.0. The van der Waals surface area contributed by atoms with Gasteiger partial charge in [-0.2, -0.15) is 0 Å². The molecule has 2 rings (SSSR count). The number of amides is 1. The predicted molar refractivity (Wildman–Crippen MR) is 92.2 cm³/mol. The Labute approximate surface area is 135 Å². The summed E-state index contributed by atoms with van der Waals surface area (Å²) in [5, 5.41) is 0. The molecule has 1 aliphatic heterocycles. The molecular weight excluding hydrogens is 272 g/mol. The number of carbonyl (C=O) groups excluding carboxylic acids is 1. The van der Waals surface area contributed by atoms with Gasteiger partial charge in [0, 0.05) is 37.3 Å². The van der Waals surface area contributed by atoms with Crippen LogP contribution in [0, 0.1) is 5.92 Å². The molecule has 1 aromatic rings. The van der Waals surface area contributed by atoms with Crippen LogP contribution in [0.5, 0.6) is 0 Å². The lowest BCUT2D eigenvalue weighted by molar-refractivity contribution is 0.0451. The molecule has 1 saturated heterocycles. The van der Waals surface area contributed by atoms with Crippen LogP contribution in [0.25, 0.3) is 0 Å². The number of carbonyl (C=O) groups is 1. The van der Waals surface area contributed by atoms with Gasteiger partial charge in [-0.3, -0.25) is 9.69 Å². The summed E-state index contributed by atoms with van der Waals surface area (Å²) in [6.45, 7) is 14.7. The number of benzene rings is 1. The molecular formula is C19H30N2O. The average molecular weight is 302 g/mol. The van der Waals surface area contributed by atoms with E-state index in [4.69, 9.17) is 0 Å². The summed E-state index contributed by atoms with van der Waals surface area (Å²) in [5.74, 6) is 0.792. The fraction of sp³-hybridized carbons (Fsp3) is 0.632. The van der Waals surface area contributed by atoms with Gasteiger partial charge >= 0.3 is 0 Å². The summed E-state index contributed by atoms with van der Waals surface area (Å²) in [6, 6.07) is 8.14. The topological polar surface area (TPSA) is 23.6 Å². The number of piperazine rings is 1. The summed E-state index contributed by atoms with van der Waals surface area (Å²) in [4.78, 5) is 17.1. The van der Waals surface area contributed by atoms with Gasteiger partial charge in [-0.1, -0.05) is 26.0 Å². The zero-order chi connectivity index (χ0) is 16.3. The van der Waals surface area contributed by atoms with Gasteiger partial charge in [0.05, 0.1) is 0 Å².